The van der Waals surface area contributed by atoms with E-state index in [1.165, 1.54) is 18.5 Å². The summed E-state index contributed by atoms with van der Waals surface area (Å²) >= 11 is 0. The van der Waals surface area contributed by atoms with Crippen LogP contribution in [0, 0.1) is 0 Å². The second-order valence-electron chi connectivity index (χ2n) is 7.31. The van der Waals surface area contributed by atoms with Crippen molar-refractivity contribution in [3.05, 3.63) is 24.0 Å². The fourth-order valence-corrected chi connectivity index (χ4v) is 2.93. The molecule has 21 heavy (non-hydrogen) atoms. The van der Waals surface area contributed by atoms with Crippen molar-refractivity contribution in [3.8, 4) is 0 Å². The predicted octanol–water partition coefficient (Wildman–Crippen LogP) is 2.25. The van der Waals surface area contributed by atoms with Gasteiger partial charge in [0.05, 0.1) is 5.69 Å². The number of nitrogens with one attached hydrogen (secondary N) is 1. The van der Waals surface area contributed by atoms with E-state index in [2.05, 4.69) is 53.0 Å². The second-order valence-corrected chi connectivity index (χ2v) is 7.31. The molecular formula is C17H28N4. The van der Waals surface area contributed by atoms with Crippen molar-refractivity contribution in [2.24, 2.45) is 0 Å². The van der Waals surface area contributed by atoms with Gasteiger partial charge in [0.2, 0.25) is 0 Å². The van der Waals surface area contributed by atoms with Crippen molar-refractivity contribution in [2.45, 2.75) is 51.7 Å². The summed E-state index contributed by atoms with van der Waals surface area (Å²) in [5.41, 5.74) is 2.77. The zero-order valence-corrected chi connectivity index (χ0v) is 13.6. The van der Waals surface area contributed by atoms with Crippen LogP contribution in [-0.2, 0) is 6.54 Å². The predicted molar refractivity (Wildman–Crippen MR) is 87.6 cm³/mol. The number of hydrogen-bond donors (Lipinski definition) is 1. The van der Waals surface area contributed by atoms with Crippen LogP contribution in [0.15, 0.2) is 18.3 Å². The van der Waals surface area contributed by atoms with Crippen molar-refractivity contribution in [1.29, 1.82) is 0 Å². The first kappa shape index (κ1) is 14.8. The van der Waals surface area contributed by atoms with Gasteiger partial charge in [0, 0.05) is 56.2 Å². The average Bonchev–Trinajstić information content (AvgIpc) is 3.29. The number of hydrogen-bond acceptors (Lipinski definition) is 4. The van der Waals surface area contributed by atoms with Crippen LogP contribution in [0.25, 0.3) is 0 Å². The van der Waals surface area contributed by atoms with Gasteiger partial charge in [-0.05, 0) is 45.7 Å². The maximum Gasteiger partial charge on any atom is 0.0562 e. The Morgan fingerprint density at radius 1 is 1.19 bits per heavy atom. The van der Waals surface area contributed by atoms with E-state index in [0.29, 0.717) is 0 Å². The highest BCUT2D eigenvalue weighted by molar-refractivity contribution is 5.47. The molecule has 4 nitrogen and oxygen atoms in total. The number of nitrogens with zero attached hydrogens (tertiary/aromatic N) is 3. The molecule has 2 aliphatic rings. The molecule has 2 heterocycles. The van der Waals surface area contributed by atoms with Crippen molar-refractivity contribution >= 4 is 5.69 Å². The van der Waals surface area contributed by atoms with Crippen LogP contribution in [-0.4, -0.2) is 47.6 Å². The number of aromatic nitrogens is 1. The minimum Gasteiger partial charge on any atom is -0.369 e. The summed E-state index contributed by atoms with van der Waals surface area (Å²) < 4.78 is 0. The molecule has 1 saturated carbocycles. The summed E-state index contributed by atoms with van der Waals surface area (Å²) in [6.07, 6.45) is 4.61. The molecule has 2 fully saturated rings. The summed E-state index contributed by atoms with van der Waals surface area (Å²) in [6, 6.07) is 5.14. The number of pyridine rings is 1. The monoisotopic (exact) mass is 288 g/mol. The van der Waals surface area contributed by atoms with Crippen molar-refractivity contribution in [3.63, 3.8) is 0 Å². The average molecular weight is 288 g/mol. The molecule has 0 aromatic carbocycles. The quantitative estimate of drug-likeness (QED) is 0.921. The van der Waals surface area contributed by atoms with E-state index in [1.807, 2.05) is 6.20 Å². The topological polar surface area (TPSA) is 31.4 Å². The smallest absolute Gasteiger partial charge is 0.0562 e. The summed E-state index contributed by atoms with van der Waals surface area (Å²) in [5, 5.41) is 3.54. The van der Waals surface area contributed by atoms with Crippen LogP contribution in [0.3, 0.4) is 0 Å². The Balaban J connectivity index is 1.58. The first-order valence-corrected chi connectivity index (χ1v) is 8.21. The molecular weight excluding hydrogens is 260 g/mol. The van der Waals surface area contributed by atoms with Gasteiger partial charge in [-0.2, -0.15) is 0 Å². The zero-order chi connectivity index (χ0) is 14.9. The Morgan fingerprint density at radius 3 is 2.52 bits per heavy atom. The van der Waals surface area contributed by atoms with Gasteiger partial charge in [0.25, 0.3) is 0 Å². The van der Waals surface area contributed by atoms with E-state index < -0.39 is 0 Å². The van der Waals surface area contributed by atoms with Gasteiger partial charge < -0.3 is 10.2 Å². The van der Waals surface area contributed by atoms with Crippen molar-refractivity contribution < 1.29 is 0 Å². The standard InChI is InChI=1S/C17H28N4/c1-17(2,3)21-10-8-20(9-11-21)16-6-7-18-15(12-16)13-19-14-4-5-14/h6-7,12,14,19H,4-5,8-11,13H2,1-3H3. The van der Waals surface area contributed by atoms with Crippen LogP contribution < -0.4 is 10.2 Å². The Bertz CT molecular complexity index is 468. The summed E-state index contributed by atoms with van der Waals surface area (Å²) in [5.74, 6) is 0. The highest BCUT2D eigenvalue weighted by atomic mass is 15.3. The second kappa shape index (κ2) is 5.93. The molecule has 0 atom stereocenters. The third-order valence-electron chi connectivity index (χ3n) is 4.54. The molecule has 0 amide bonds. The lowest BCUT2D eigenvalue weighted by Crippen LogP contribution is -2.53. The van der Waals surface area contributed by atoms with Gasteiger partial charge >= 0.3 is 0 Å². The third-order valence-corrected chi connectivity index (χ3v) is 4.54. The largest absolute Gasteiger partial charge is 0.369 e. The van der Waals surface area contributed by atoms with Crippen LogP contribution in [0.4, 0.5) is 5.69 Å². The van der Waals surface area contributed by atoms with Crippen LogP contribution in [0.2, 0.25) is 0 Å². The molecule has 1 aromatic rings. The van der Waals surface area contributed by atoms with Crippen LogP contribution in [0.1, 0.15) is 39.3 Å². The highest BCUT2D eigenvalue weighted by Crippen LogP contribution is 2.22. The van der Waals surface area contributed by atoms with Gasteiger partial charge in [0.15, 0.2) is 0 Å². The molecule has 1 aliphatic heterocycles. The molecule has 3 rings (SSSR count). The zero-order valence-electron chi connectivity index (χ0n) is 13.6. The van der Waals surface area contributed by atoms with E-state index in [-0.39, 0.29) is 5.54 Å². The molecule has 0 spiro atoms. The highest BCUT2D eigenvalue weighted by Gasteiger charge is 2.26. The third kappa shape index (κ3) is 3.95. The van der Waals surface area contributed by atoms with Gasteiger partial charge in [-0.25, -0.2) is 0 Å². The fraction of sp³-hybridized carbons (Fsp3) is 0.706. The van der Waals surface area contributed by atoms with E-state index >= 15 is 0 Å². The van der Waals surface area contributed by atoms with Gasteiger partial charge in [-0.15, -0.1) is 0 Å². The molecule has 1 saturated heterocycles. The van der Waals surface area contributed by atoms with Gasteiger partial charge in [0.1, 0.15) is 0 Å². The maximum absolute atomic E-state index is 4.49. The number of anilines is 1. The van der Waals surface area contributed by atoms with E-state index in [0.717, 1.165) is 44.5 Å². The molecule has 0 unspecified atom stereocenters. The first-order valence-electron chi connectivity index (χ1n) is 8.21. The maximum atomic E-state index is 4.49. The van der Waals surface area contributed by atoms with E-state index in [1.54, 1.807) is 0 Å². The first-order chi connectivity index (χ1) is 10.0. The summed E-state index contributed by atoms with van der Waals surface area (Å²) in [7, 11) is 0. The minimum absolute atomic E-state index is 0.281. The lowest BCUT2D eigenvalue weighted by Gasteiger charge is -2.43. The fourth-order valence-electron chi connectivity index (χ4n) is 2.93. The van der Waals surface area contributed by atoms with Crippen molar-refractivity contribution in [2.75, 3.05) is 31.1 Å². The van der Waals surface area contributed by atoms with Gasteiger partial charge in [-0.3, -0.25) is 9.88 Å². The Labute approximate surface area is 128 Å². The Kier molecular flexibility index (Phi) is 4.18. The molecule has 1 aliphatic carbocycles. The lowest BCUT2D eigenvalue weighted by molar-refractivity contribution is 0.128. The Morgan fingerprint density at radius 2 is 1.90 bits per heavy atom. The molecule has 116 valence electrons. The SMILES string of the molecule is CC(C)(C)N1CCN(c2ccnc(CNC3CC3)c2)CC1. The molecule has 0 bridgehead atoms. The molecule has 1 N–H and O–H groups in total. The van der Waals surface area contributed by atoms with Crippen LogP contribution >= 0.6 is 0 Å². The van der Waals surface area contributed by atoms with Crippen LogP contribution in [0.5, 0.6) is 0 Å². The van der Waals surface area contributed by atoms with Crippen molar-refractivity contribution in [1.82, 2.24) is 15.2 Å². The Hall–Kier alpha value is -1.13. The van der Waals surface area contributed by atoms with E-state index in [9.17, 15) is 0 Å². The molecule has 1 aromatic heterocycles. The minimum atomic E-state index is 0.281. The van der Waals surface area contributed by atoms with Gasteiger partial charge in [-0.1, -0.05) is 0 Å². The number of rotatable bonds is 4. The molecule has 4 heteroatoms. The summed E-state index contributed by atoms with van der Waals surface area (Å²) in [4.78, 5) is 9.55. The normalized spacial score (nSPS) is 20.8. The summed E-state index contributed by atoms with van der Waals surface area (Å²) in [6.45, 7) is 12.3. The lowest BCUT2D eigenvalue weighted by atomic mass is 10.0. The number of piperazine rings is 1. The molecule has 0 radical (unpaired) electrons. The van der Waals surface area contributed by atoms with E-state index in [4.69, 9.17) is 0 Å².